The lowest BCUT2D eigenvalue weighted by atomic mass is 9.96. The van der Waals surface area contributed by atoms with Gasteiger partial charge >= 0.3 is 0 Å². The fraction of sp³-hybridized carbons (Fsp3) is 0.625. The van der Waals surface area contributed by atoms with Crippen molar-refractivity contribution in [3.63, 3.8) is 0 Å². The molecule has 0 saturated carbocycles. The highest BCUT2D eigenvalue weighted by Crippen LogP contribution is 2.14. The monoisotopic (exact) mass is 142 g/mol. The van der Waals surface area contributed by atoms with Crippen LogP contribution >= 0.6 is 0 Å². The Hall–Kier alpha value is -0.630. The van der Waals surface area contributed by atoms with Crippen molar-refractivity contribution in [1.29, 1.82) is 0 Å². The number of aliphatic hydroxyl groups is 1. The van der Waals surface area contributed by atoms with Gasteiger partial charge in [-0.2, -0.15) is 0 Å². The molecule has 0 fully saturated rings. The van der Waals surface area contributed by atoms with Crippen LogP contribution < -0.4 is 0 Å². The molecule has 1 N–H and O–H groups in total. The molecule has 0 heterocycles. The van der Waals surface area contributed by atoms with Crippen LogP contribution in [0.25, 0.3) is 0 Å². The van der Waals surface area contributed by atoms with Crippen molar-refractivity contribution in [3.8, 4) is 0 Å². The lowest BCUT2D eigenvalue weighted by molar-refractivity contribution is -0.121. The summed E-state index contributed by atoms with van der Waals surface area (Å²) in [6, 6.07) is 0. The summed E-state index contributed by atoms with van der Waals surface area (Å²) < 4.78 is 0. The minimum atomic E-state index is -0.895. The average molecular weight is 142 g/mol. The average Bonchev–Trinajstić information content (AvgIpc) is 1.59. The molecule has 0 spiro atoms. The molecule has 0 aliphatic rings. The first-order chi connectivity index (χ1) is 4.48. The minimum absolute atomic E-state index is 0.00634. The molecule has 2 nitrogen and oxygen atoms in total. The molecule has 0 rings (SSSR count). The third kappa shape index (κ3) is 4.27. The summed E-state index contributed by atoms with van der Waals surface area (Å²) in [5, 5.41) is 9.39. The maximum Gasteiger partial charge on any atom is 0.132 e. The lowest BCUT2D eigenvalue weighted by Gasteiger charge is -2.18. The molecular formula is C8H14O2. The molecule has 58 valence electrons. The molecule has 1 atom stereocenters. The van der Waals surface area contributed by atoms with Gasteiger partial charge in [-0.3, -0.25) is 4.79 Å². The van der Waals surface area contributed by atoms with Gasteiger partial charge in [0.1, 0.15) is 5.78 Å². The number of hydrogen-bond acceptors (Lipinski definition) is 2. The standard InChI is InChI=1S/C8H14O2/c1-4-5-8(3,10)6-7(2)9/h4,10H,1,5-6H2,2-3H3/t8-/m0/s1. The highest BCUT2D eigenvalue weighted by Gasteiger charge is 2.19. The second-order valence-corrected chi connectivity index (χ2v) is 2.87. The summed E-state index contributed by atoms with van der Waals surface area (Å²) in [7, 11) is 0. The zero-order chi connectivity index (χ0) is 8.20. The van der Waals surface area contributed by atoms with Crippen LogP contribution in [0.4, 0.5) is 0 Å². The fourth-order valence-electron chi connectivity index (χ4n) is 0.919. The number of hydrogen-bond donors (Lipinski definition) is 1. The number of carbonyl (C=O) groups excluding carboxylic acids is 1. The molecule has 0 aliphatic carbocycles. The SMILES string of the molecule is C=CC[C@](C)(O)CC(C)=O. The zero-order valence-corrected chi connectivity index (χ0v) is 6.55. The Morgan fingerprint density at radius 1 is 1.80 bits per heavy atom. The van der Waals surface area contributed by atoms with Gasteiger partial charge in [0, 0.05) is 6.42 Å². The Balaban J connectivity index is 3.85. The van der Waals surface area contributed by atoms with Crippen LogP contribution in [0.2, 0.25) is 0 Å². The molecule has 0 unspecified atom stereocenters. The molecule has 2 heteroatoms. The van der Waals surface area contributed by atoms with E-state index < -0.39 is 5.60 Å². The number of ketones is 1. The normalized spacial score (nSPS) is 15.9. The second-order valence-electron chi connectivity index (χ2n) is 2.87. The molecule has 0 aromatic carbocycles. The van der Waals surface area contributed by atoms with E-state index in [2.05, 4.69) is 6.58 Å². The predicted octanol–water partition coefficient (Wildman–Crippen LogP) is 1.29. The van der Waals surface area contributed by atoms with E-state index in [1.165, 1.54) is 6.92 Å². The Bertz CT molecular complexity index is 136. The van der Waals surface area contributed by atoms with Gasteiger partial charge in [-0.1, -0.05) is 6.08 Å². The van der Waals surface area contributed by atoms with Gasteiger partial charge in [-0.25, -0.2) is 0 Å². The van der Waals surface area contributed by atoms with E-state index in [9.17, 15) is 9.90 Å². The second kappa shape index (κ2) is 3.52. The Morgan fingerprint density at radius 2 is 2.30 bits per heavy atom. The van der Waals surface area contributed by atoms with Crippen LogP contribution in [0, 0.1) is 0 Å². The molecule has 0 amide bonds. The van der Waals surface area contributed by atoms with Gasteiger partial charge in [-0.15, -0.1) is 6.58 Å². The van der Waals surface area contributed by atoms with Crippen LogP contribution in [0.5, 0.6) is 0 Å². The van der Waals surface area contributed by atoms with E-state index >= 15 is 0 Å². The predicted molar refractivity (Wildman–Crippen MR) is 40.7 cm³/mol. The van der Waals surface area contributed by atoms with Crippen LogP contribution in [-0.4, -0.2) is 16.5 Å². The molecule has 0 aliphatic heterocycles. The Kier molecular flexibility index (Phi) is 3.30. The highest BCUT2D eigenvalue weighted by atomic mass is 16.3. The number of Topliss-reactive ketones (excluding diaryl/α,β-unsaturated/α-hetero) is 1. The topological polar surface area (TPSA) is 37.3 Å². The first-order valence-electron chi connectivity index (χ1n) is 3.30. The van der Waals surface area contributed by atoms with Gasteiger partial charge in [0.05, 0.1) is 5.60 Å². The summed E-state index contributed by atoms with van der Waals surface area (Å²) in [6.07, 6.45) is 2.29. The van der Waals surface area contributed by atoms with Crippen LogP contribution in [0.1, 0.15) is 26.7 Å². The molecule has 0 radical (unpaired) electrons. The maximum absolute atomic E-state index is 10.5. The first-order valence-corrected chi connectivity index (χ1v) is 3.30. The maximum atomic E-state index is 10.5. The summed E-state index contributed by atoms with van der Waals surface area (Å²) in [6.45, 7) is 6.59. The Morgan fingerprint density at radius 3 is 2.60 bits per heavy atom. The third-order valence-corrected chi connectivity index (χ3v) is 1.21. The minimum Gasteiger partial charge on any atom is -0.389 e. The van der Waals surface area contributed by atoms with Gasteiger partial charge in [0.25, 0.3) is 0 Å². The van der Waals surface area contributed by atoms with Crippen LogP contribution in [0.15, 0.2) is 12.7 Å². The van der Waals surface area contributed by atoms with Gasteiger partial charge in [-0.05, 0) is 20.3 Å². The molecule has 0 aromatic heterocycles. The zero-order valence-electron chi connectivity index (χ0n) is 6.55. The van der Waals surface area contributed by atoms with Gasteiger partial charge in [0.2, 0.25) is 0 Å². The van der Waals surface area contributed by atoms with E-state index in [1.807, 2.05) is 0 Å². The smallest absolute Gasteiger partial charge is 0.132 e. The van der Waals surface area contributed by atoms with Gasteiger partial charge in [0.15, 0.2) is 0 Å². The van der Waals surface area contributed by atoms with E-state index in [1.54, 1.807) is 13.0 Å². The molecule has 0 saturated heterocycles. The Labute approximate surface area is 61.6 Å². The largest absolute Gasteiger partial charge is 0.389 e. The van der Waals surface area contributed by atoms with Crippen LogP contribution in [-0.2, 0) is 4.79 Å². The van der Waals surface area contributed by atoms with Crippen molar-refractivity contribution in [2.75, 3.05) is 0 Å². The third-order valence-electron chi connectivity index (χ3n) is 1.21. The van der Waals surface area contributed by atoms with Crippen molar-refractivity contribution in [3.05, 3.63) is 12.7 Å². The summed E-state index contributed by atoms with van der Waals surface area (Å²) in [5.74, 6) is 0.00634. The molecular weight excluding hydrogens is 128 g/mol. The quantitative estimate of drug-likeness (QED) is 0.600. The van der Waals surface area contributed by atoms with E-state index in [-0.39, 0.29) is 12.2 Å². The van der Waals surface area contributed by atoms with Crippen molar-refractivity contribution in [2.24, 2.45) is 0 Å². The van der Waals surface area contributed by atoms with Crippen LogP contribution in [0.3, 0.4) is 0 Å². The highest BCUT2D eigenvalue weighted by molar-refractivity contribution is 5.76. The summed E-state index contributed by atoms with van der Waals surface area (Å²) >= 11 is 0. The van der Waals surface area contributed by atoms with E-state index in [0.29, 0.717) is 6.42 Å². The fourth-order valence-corrected chi connectivity index (χ4v) is 0.919. The summed E-state index contributed by atoms with van der Waals surface area (Å²) in [4.78, 5) is 10.5. The van der Waals surface area contributed by atoms with E-state index in [4.69, 9.17) is 0 Å². The lowest BCUT2D eigenvalue weighted by Crippen LogP contribution is -2.25. The van der Waals surface area contributed by atoms with E-state index in [0.717, 1.165) is 0 Å². The van der Waals surface area contributed by atoms with Crippen molar-refractivity contribution in [1.82, 2.24) is 0 Å². The number of rotatable bonds is 4. The first kappa shape index (κ1) is 9.37. The van der Waals surface area contributed by atoms with Crippen molar-refractivity contribution < 1.29 is 9.90 Å². The molecule has 0 bridgehead atoms. The molecule has 0 aromatic rings. The van der Waals surface area contributed by atoms with Gasteiger partial charge < -0.3 is 5.11 Å². The van der Waals surface area contributed by atoms with Crippen molar-refractivity contribution >= 4 is 5.78 Å². The molecule has 10 heavy (non-hydrogen) atoms. The summed E-state index contributed by atoms with van der Waals surface area (Å²) in [5.41, 5.74) is -0.895. The number of carbonyl (C=O) groups is 1. The van der Waals surface area contributed by atoms with Crippen molar-refractivity contribution in [2.45, 2.75) is 32.3 Å².